The number of hydrogen-bond acceptors (Lipinski definition) is 5. The van der Waals surface area contributed by atoms with E-state index in [-0.39, 0.29) is 17.9 Å². The van der Waals surface area contributed by atoms with Crippen molar-refractivity contribution < 1.29 is 31.9 Å². The van der Waals surface area contributed by atoms with Crippen LogP contribution in [0.5, 0.6) is 5.75 Å². The number of carbonyl (C=O) groups is 2. The zero-order chi connectivity index (χ0) is 22.2. The van der Waals surface area contributed by atoms with E-state index < -0.39 is 30.0 Å². The van der Waals surface area contributed by atoms with Gasteiger partial charge in [0, 0.05) is 31.9 Å². The second-order valence-corrected chi connectivity index (χ2v) is 7.33. The highest BCUT2D eigenvalue weighted by atomic mass is 19.4. The number of piperazine rings is 1. The molecule has 2 fully saturated rings. The number of anilines is 2. The molecule has 0 saturated carbocycles. The van der Waals surface area contributed by atoms with Gasteiger partial charge in [-0.3, -0.25) is 14.5 Å². The molecule has 2 amide bonds. The highest BCUT2D eigenvalue weighted by Gasteiger charge is 2.43. The summed E-state index contributed by atoms with van der Waals surface area (Å²) in [6.07, 6.45) is -4.81. The zero-order valence-corrected chi connectivity index (χ0v) is 16.3. The van der Waals surface area contributed by atoms with E-state index in [1.54, 1.807) is 12.1 Å². The van der Waals surface area contributed by atoms with Gasteiger partial charge in [-0.15, -0.1) is 13.2 Å². The summed E-state index contributed by atoms with van der Waals surface area (Å²) in [4.78, 5) is 30.4. The van der Waals surface area contributed by atoms with Gasteiger partial charge in [0.1, 0.15) is 11.6 Å². The Morgan fingerprint density at radius 2 is 1.42 bits per heavy atom. The Kier molecular flexibility index (Phi) is 5.57. The average molecular weight is 437 g/mol. The predicted molar refractivity (Wildman–Crippen MR) is 104 cm³/mol. The second-order valence-electron chi connectivity index (χ2n) is 7.33. The number of carbonyl (C=O) groups excluding carboxylic acids is 2. The largest absolute Gasteiger partial charge is 0.573 e. The fourth-order valence-corrected chi connectivity index (χ4v) is 3.91. The van der Waals surface area contributed by atoms with Crippen molar-refractivity contribution in [2.45, 2.75) is 18.8 Å². The van der Waals surface area contributed by atoms with Crippen LogP contribution in [0.4, 0.5) is 28.9 Å². The van der Waals surface area contributed by atoms with E-state index >= 15 is 0 Å². The molecule has 2 aliphatic heterocycles. The summed E-state index contributed by atoms with van der Waals surface area (Å²) < 4.78 is 53.9. The molecular formula is C21H19F4N3O3. The van der Waals surface area contributed by atoms with Gasteiger partial charge in [-0.05, 0) is 48.5 Å². The third kappa shape index (κ3) is 4.63. The van der Waals surface area contributed by atoms with Crippen molar-refractivity contribution in [3.05, 3.63) is 54.3 Å². The number of ether oxygens (including phenoxy) is 1. The first kappa shape index (κ1) is 21.1. The maximum absolute atomic E-state index is 13.1. The van der Waals surface area contributed by atoms with Gasteiger partial charge in [-0.2, -0.15) is 0 Å². The molecule has 0 bridgehead atoms. The Hall–Kier alpha value is -3.14. The Bertz CT molecular complexity index is 955. The SMILES string of the molecule is O=C1C[C@@H](N2CCN(c3ccc(F)cc3)CC2)C(=O)N1c1ccc(OC(F)(F)F)cc1. The van der Waals surface area contributed by atoms with Gasteiger partial charge in [0.25, 0.3) is 5.91 Å². The maximum atomic E-state index is 13.1. The van der Waals surface area contributed by atoms with Crippen molar-refractivity contribution >= 4 is 23.2 Å². The molecule has 31 heavy (non-hydrogen) atoms. The van der Waals surface area contributed by atoms with Gasteiger partial charge in [0.05, 0.1) is 18.2 Å². The number of halogens is 4. The number of amides is 2. The van der Waals surface area contributed by atoms with E-state index in [1.807, 2.05) is 4.90 Å². The van der Waals surface area contributed by atoms with Crippen LogP contribution >= 0.6 is 0 Å². The number of hydrogen-bond donors (Lipinski definition) is 0. The first-order valence-corrected chi connectivity index (χ1v) is 9.68. The van der Waals surface area contributed by atoms with Gasteiger partial charge >= 0.3 is 6.36 Å². The molecule has 2 aliphatic rings. The Balaban J connectivity index is 1.40. The lowest BCUT2D eigenvalue weighted by Gasteiger charge is -2.38. The zero-order valence-electron chi connectivity index (χ0n) is 16.3. The fraction of sp³-hybridized carbons (Fsp3) is 0.333. The molecule has 2 heterocycles. The molecule has 2 aromatic rings. The summed E-state index contributed by atoms with van der Waals surface area (Å²) in [6, 6.07) is 10.2. The van der Waals surface area contributed by atoms with Crippen LogP contribution in [0.15, 0.2) is 48.5 Å². The molecule has 164 valence electrons. The Morgan fingerprint density at radius 3 is 2.00 bits per heavy atom. The van der Waals surface area contributed by atoms with E-state index in [1.165, 1.54) is 24.3 Å². The highest BCUT2D eigenvalue weighted by molar-refractivity contribution is 6.22. The van der Waals surface area contributed by atoms with Crippen LogP contribution in [0.25, 0.3) is 0 Å². The van der Waals surface area contributed by atoms with E-state index in [2.05, 4.69) is 9.64 Å². The minimum Gasteiger partial charge on any atom is -0.406 e. The van der Waals surface area contributed by atoms with Gasteiger partial charge in [-0.1, -0.05) is 0 Å². The summed E-state index contributed by atoms with van der Waals surface area (Å²) in [5.41, 5.74) is 1.09. The van der Waals surface area contributed by atoms with Crippen LogP contribution in [-0.4, -0.2) is 55.3 Å². The normalized spacial score (nSPS) is 20.5. The highest BCUT2D eigenvalue weighted by Crippen LogP contribution is 2.30. The minimum absolute atomic E-state index is 0.0101. The summed E-state index contributed by atoms with van der Waals surface area (Å²) in [7, 11) is 0. The van der Waals surface area contributed by atoms with Crippen molar-refractivity contribution in [2.24, 2.45) is 0 Å². The van der Waals surface area contributed by atoms with Crippen LogP contribution in [0.3, 0.4) is 0 Å². The lowest BCUT2D eigenvalue weighted by Crippen LogP contribution is -2.52. The van der Waals surface area contributed by atoms with E-state index in [0.717, 1.165) is 22.7 Å². The van der Waals surface area contributed by atoms with E-state index in [4.69, 9.17) is 0 Å². The molecule has 4 rings (SSSR count). The third-order valence-corrected chi connectivity index (χ3v) is 5.40. The van der Waals surface area contributed by atoms with E-state index in [0.29, 0.717) is 26.2 Å². The molecule has 0 aromatic heterocycles. The molecule has 6 nitrogen and oxygen atoms in total. The molecule has 0 unspecified atom stereocenters. The Morgan fingerprint density at radius 1 is 0.839 bits per heavy atom. The molecule has 10 heteroatoms. The molecule has 1 atom stereocenters. The molecule has 0 spiro atoms. The van der Waals surface area contributed by atoms with Crippen LogP contribution in [0, 0.1) is 5.82 Å². The smallest absolute Gasteiger partial charge is 0.406 e. The molecule has 2 saturated heterocycles. The molecule has 0 radical (unpaired) electrons. The molecular weight excluding hydrogens is 418 g/mol. The quantitative estimate of drug-likeness (QED) is 0.543. The van der Waals surface area contributed by atoms with Crippen LogP contribution < -0.4 is 14.5 Å². The fourth-order valence-electron chi connectivity index (χ4n) is 3.91. The van der Waals surface area contributed by atoms with Crippen LogP contribution in [0.1, 0.15) is 6.42 Å². The first-order chi connectivity index (χ1) is 14.7. The van der Waals surface area contributed by atoms with Crippen molar-refractivity contribution in [2.75, 3.05) is 36.0 Å². The topological polar surface area (TPSA) is 53.1 Å². The van der Waals surface area contributed by atoms with Crippen molar-refractivity contribution in [1.29, 1.82) is 0 Å². The maximum Gasteiger partial charge on any atom is 0.573 e. The average Bonchev–Trinajstić information content (AvgIpc) is 3.02. The standard InChI is InChI=1S/C21H19F4N3O3/c22-14-1-3-15(4-2-14)26-9-11-27(12-10-26)18-13-19(29)28(20(18)30)16-5-7-17(8-6-16)31-21(23,24)25/h1-8,18H,9-13H2/t18-/m1/s1. The lowest BCUT2D eigenvalue weighted by molar-refractivity contribution is -0.274. The number of alkyl halides is 3. The first-order valence-electron chi connectivity index (χ1n) is 9.68. The number of imide groups is 1. The van der Waals surface area contributed by atoms with E-state index in [9.17, 15) is 27.2 Å². The van der Waals surface area contributed by atoms with Crippen LogP contribution in [-0.2, 0) is 9.59 Å². The monoisotopic (exact) mass is 437 g/mol. The van der Waals surface area contributed by atoms with Crippen molar-refractivity contribution in [1.82, 2.24) is 4.90 Å². The second kappa shape index (κ2) is 8.18. The number of rotatable bonds is 4. The van der Waals surface area contributed by atoms with Crippen molar-refractivity contribution in [3.8, 4) is 5.75 Å². The van der Waals surface area contributed by atoms with Gasteiger partial charge in [-0.25, -0.2) is 9.29 Å². The van der Waals surface area contributed by atoms with Gasteiger partial charge in [0.2, 0.25) is 5.91 Å². The summed E-state index contributed by atoms with van der Waals surface area (Å²) >= 11 is 0. The summed E-state index contributed by atoms with van der Waals surface area (Å²) in [5, 5.41) is 0. The van der Waals surface area contributed by atoms with Gasteiger partial charge < -0.3 is 9.64 Å². The summed E-state index contributed by atoms with van der Waals surface area (Å²) in [6.45, 7) is 2.33. The Labute approximate surface area is 175 Å². The summed E-state index contributed by atoms with van der Waals surface area (Å²) in [5.74, 6) is -1.54. The third-order valence-electron chi connectivity index (χ3n) is 5.40. The van der Waals surface area contributed by atoms with Gasteiger partial charge in [0.15, 0.2) is 0 Å². The number of nitrogens with zero attached hydrogens (tertiary/aromatic N) is 3. The molecule has 0 N–H and O–H groups in total. The number of benzene rings is 2. The molecule has 0 aliphatic carbocycles. The lowest BCUT2D eigenvalue weighted by atomic mass is 10.1. The minimum atomic E-state index is -4.82. The van der Waals surface area contributed by atoms with Crippen molar-refractivity contribution in [3.63, 3.8) is 0 Å². The van der Waals surface area contributed by atoms with Crippen LogP contribution in [0.2, 0.25) is 0 Å². The molecule has 2 aromatic carbocycles. The predicted octanol–water partition coefficient (Wildman–Crippen LogP) is 3.18.